The number of hydrogen-bond acceptors (Lipinski definition) is 6. The molecule has 2 aliphatic carbocycles. The van der Waals surface area contributed by atoms with Crippen molar-refractivity contribution in [3.05, 3.63) is 203 Å². The van der Waals surface area contributed by atoms with E-state index in [0.29, 0.717) is 25.9 Å². The van der Waals surface area contributed by atoms with Crippen LogP contribution in [0.25, 0.3) is 0 Å². The largest absolute Gasteiger partial charge is 0.356 e. The highest BCUT2D eigenvalue weighted by Crippen LogP contribution is 2.33. The Morgan fingerprint density at radius 1 is 0.509 bits per heavy atom. The Morgan fingerprint density at radius 2 is 0.927 bits per heavy atom. The molecule has 0 heterocycles. The number of aryl methyl sites for hydroxylation is 4. The first-order chi connectivity index (χ1) is 26.7. The lowest BCUT2D eigenvalue weighted by atomic mass is 9.99. The number of hydrogen-bond donors (Lipinski definition) is 4. The van der Waals surface area contributed by atoms with Crippen molar-refractivity contribution in [2.75, 3.05) is 27.9 Å². The van der Waals surface area contributed by atoms with Crippen LogP contribution in [0.2, 0.25) is 0 Å². The number of allylic oxidation sites excluding steroid dienone is 2. The average molecular weight is 729 g/mol. The van der Waals surface area contributed by atoms with Crippen LogP contribution in [0.1, 0.15) is 40.7 Å². The Morgan fingerprint density at radius 3 is 1.36 bits per heavy atom. The summed E-state index contributed by atoms with van der Waals surface area (Å²) in [5.41, 5.74) is 10.6. The molecule has 3 atom stereocenters. The predicted molar refractivity (Wildman–Crippen MR) is 229 cm³/mol. The number of ether oxygens (including phenoxy) is 2. The standard InChI is InChI=1S/C49H52N4O2/c1-36-10-18-41(19-11-36)50-43-26-30-48(31-27-43,52-45-22-14-38(3)15-23-45)54-35-47(34-40-8-6-5-7-9-40)55-49(53-46-24-16-39(4)17-25-46)32-28-44(29-33-49)51-42-20-12-37(2)13-21-42/h5-30,32,47,50-53H,31,33-35H2,1-4H3. The van der Waals surface area contributed by atoms with Crippen LogP contribution >= 0.6 is 0 Å². The van der Waals surface area contributed by atoms with Crippen molar-refractivity contribution in [3.63, 3.8) is 0 Å². The zero-order chi connectivity index (χ0) is 38.1. The summed E-state index contributed by atoms with van der Waals surface area (Å²) < 4.78 is 14.3. The summed E-state index contributed by atoms with van der Waals surface area (Å²) in [6, 6.07) is 44.4. The third-order valence-electron chi connectivity index (χ3n) is 10.0. The minimum Gasteiger partial charge on any atom is -0.356 e. The first-order valence-corrected chi connectivity index (χ1v) is 19.2. The summed E-state index contributed by atoms with van der Waals surface area (Å²) in [6.07, 6.45) is 14.5. The molecule has 4 N–H and O–H groups in total. The molecule has 280 valence electrons. The van der Waals surface area contributed by atoms with E-state index >= 15 is 0 Å². The van der Waals surface area contributed by atoms with Gasteiger partial charge >= 0.3 is 0 Å². The SMILES string of the molecule is Cc1ccc(NC2=CCC(Nc3ccc(C)cc3)(OCC(Cc3ccccc3)OC3(Nc4ccc(C)cc4)C=CC(Nc4ccc(C)cc4)=CC3)C=C2)cc1. The molecule has 0 amide bonds. The van der Waals surface area contributed by atoms with Crippen molar-refractivity contribution in [2.24, 2.45) is 0 Å². The maximum Gasteiger partial charge on any atom is 0.162 e. The topological polar surface area (TPSA) is 66.6 Å². The molecular weight excluding hydrogens is 677 g/mol. The molecule has 6 heteroatoms. The highest BCUT2D eigenvalue weighted by atomic mass is 16.6. The van der Waals surface area contributed by atoms with Gasteiger partial charge in [-0.2, -0.15) is 0 Å². The van der Waals surface area contributed by atoms with Crippen LogP contribution in [-0.2, 0) is 15.9 Å². The van der Waals surface area contributed by atoms with Gasteiger partial charge in [-0.3, -0.25) is 0 Å². The van der Waals surface area contributed by atoms with E-state index in [1.165, 1.54) is 27.8 Å². The molecule has 0 fully saturated rings. The van der Waals surface area contributed by atoms with Crippen LogP contribution in [0.5, 0.6) is 0 Å². The second-order valence-electron chi connectivity index (χ2n) is 14.9. The van der Waals surface area contributed by atoms with Crippen molar-refractivity contribution < 1.29 is 9.47 Å². The normalized spacial score (nSPS) is 19.6. The molecule has 2 aliphatic rings. The van der Waals surface area contributed by atoms with E-state index in [0.717, 1.165) is 34.1 Å². The van der Waals surface area contributed by atoms with Gasteiger partial charge < -0.3 is 30.7 Å². The van der Waals surface area contributed by atoms with E-state index in [-0.39, 0.29) is 6.10 Å². The Kier molecular flexibility index (Phi) is 11.7. The van der Waals surface area contributed by atoms with Gasteiger partial charge in [-0.05, 0) is 106 Å². The Balaban J connectivity index is 1.15. The highest BCUT2D eigenvalue weighted by molar-refractivity contribution is 5.56. The summed E-state index contributed by atoms with van der Waals surface area (Å²) in [5, 5.41) is 14.6. The first kappa shape index (κ1) is 37.5. The summed E-state index contributed by atoms with van der Waals surface area (Å²) in [7, 11) is 0. The molecule has 0 saturated carbocycles. The molecule has 0 aromatic heterocycles. The van der Waals surface area contributed by atoms with E-state index in [1.807, 2.05) is 0 Å². The molecule has 0 bridgehead atoms. The molecule has 0 spiro atoms. The van der Waals surface area contributed by atoms with E-state index in [9.17, 15) is 0 Å². The zero-order valence-electron chi connectivity index (χ0n) is 32.3. The Hall–Kier alpha value is -5.82. The van der Waals surface area contributed by atoms with E-state index in [4.69, 9.17) is 9.47 Å². The van der Waals surface area contributed by atoms with Crippen LogP contribution in [0, 0.1) is 27.7 Å². The quantitative estimate of drug-likeness (QED) is 0.0805. The average Bonchev–Trinajstić information content (AvgIpc) is 3.20. The zero-order valence-corrected chi connectivity index (χ0v) is 32.3. The Bertz CT molecular complexity index is 2140. The van der Waals surface area contributed by atoms with Crippen LogP contribution < -0.4 is 21.3 Å². The van der Waals surface area contributed by atoms with Gasteiger partial charge in [0.2, 0.25) is 0 Å². The van der Waals surface area contributed by atoms with Crippen molar-refractivity contribution >= 4 is 22.7 Å². The molecule has 6 nitrogen and oxygen atoms in total. The fraction of sp³-hybridized carbons (Fsp3) is 0.224. The summed E-state index contributed by atoms with van der Waals surface area (Å²) >= 11 is 0. The van der Waals surface area contributed by atoms with Crippen LogP contribution in [0.4, 0.5) is 22.7 Å². The van der Waals surface area contributed by atoms with E-state index < -0.39 is 11.4 Å². The number of anilines is 4. The van der Waals surface area contributed by atoms with Crippen LogP contribution in [-0.4, -0.2) is 24.2 Å². The van der Waals surface area contributed by atoms with Crippen LogP contribution in [0.15, 0.2) is 175 Å². The minimum atomic E-state index is -0.818. The summed E-state index contributed by atoms with van der Waals surface area (Å²) in [5.74, 6) is 0. The molecule has 7 rings (SSSR count). The molecule has 0 aliphatic heterocycles. The monoisotopic (exact) mass is 728 g/mol. The van der Waals surface area contributed by atoms with Gasteiger partial charge in [0.15, 0.2) is 11.4 Å². The van der Waals surface area contributed by atoms with E-state index in [2.05, 4.69) is 213 Å². The number of benzene rings is 5. The Labute approximate surface area is 326 Å². The van der Waals surface area contributed by atoms with Gasteiger partial charge in [-0.25, -0.2) is 0 Å². The molecule has 0 radical (unpaired) electrons. The van der Waals surface area contributed by atoms with Gasteiger partial charge in [-0.15, -0.1) is 0 Å². The van der Waals surface area contributed by atoms with Crippen molar-refractivity contribution in [3.8, 4) is 0 Å². The summed E-state index contributed by atoms with van der Waals surface area (Å²) in [4.78, 5) is 0. The lowest BCUT2D eigenvalue weighted by Crippen LogP contribution is -2.47. The summed E-state index contributed by atoms with van der Waals surface area (Å²) in [6.45, 7) is 8.75. The second-order valence-corrected chi connectivity index (χ2v) is 14.9. The molecular formula is C49H52N4O2. The van der Waals surface area contributed by atoms with Crippen molar-refractivity contribution in [1.29, 1.82) is 0 Å². The van der Waals surface area contributed by atoms with Gasteiger partial charge in [0.25, 0.3) is 0 Å². The second kappa shape index (κ2) is 17.1. The highest BCUT2D eigenvalue weighted by Gasteiger charge is 2.36. The van der Waals surface area contributed by atoms with Gasteiger partial charge in [-0.1, -0.05) is 113 Å². The third kappa shape index (κ3) is 10.4. The van der Waals surface area contributed by atoms with E-state index in [1.54, 1.807) is 0 Å². The molecule has 5 aromatic carbocycles. The smallest absolute Gasteiger partial charge is 0.162 e. The maximum absolute atomic E-state index is 7.27. The maximum atomic E-state index is 7.27. The lowest BCUT2D eigenvalue weighted by Gasteiger charge is -2.40. The lowest BCUT2D eigenvalue weighted by molar-refractivity contribution is -0.105. The third-order valence-corrected chi connectivity index (χ3v) is 10.0. The van der Waals surface area contributed by atoms with Gasteiger partial charge in [0, 0.05) is 53.4 Å². The first-order valence-electron chi connectivity index (χ1n) is 19.2. The minimum absolute atomic E-state index is 0.300. The molecule has 0 saturated heterocycles. The van der Waals surface area contributed by atoms with Crippen LogP contribution in [0.3, 0.4) is 0 Å². The van der Waals surface area contributed by atoms with Crippen molar-refractivity contribution in [1.82, 2.24) is 0 Å². The fourth-order valence-corrected chi connectivity index (χ4v) is 6.80. The van der Waals surface area contributed by atoms with Gasteiger partial charge in [0.05, 0.1) is 12.7 Å². The fourth-order valence-electron chi connectivity index (χ4n) is 6.80. The predicted octanol–water partition coefficient (Wildman–Crippen LogP) is 11.4. The molecule has 5 aromatic rings. The number of rotatable bonds is 15. The van der Waals surface area contributed by atoms with Gasteiger partial charge in [0.1, 0.15) is 0 Å². The van der Waals surface area contributed by atoms with Crippen molar-refractivity contribution in [2.45, 2.75) is 64.5 Å². The molecule has 55 heavy (non-hydrogen) atoms. The molecule has 3 unspecified atom stereocenters. The number of nitrogens with one attached hydrogen (secondary N) is 4.